The van der Waals surface area contributed by atoms with Crippen LogP contribution < -0.4 is 0 Å². The van der Waals surface area contributed by atoms with Crippen LogP contribution >= 0.6 is 0 Å². The Kier molecular flexibility index (Phi) is 14.4. The molecule has 7 N–H and O–H groups in total. The fourth-order valence-corrected chi connectivity index (χ4v) is 4.48. The van der Waals surface area contributed by atoms with Gasteiger partial charge in [0.05, 0.1) is 13.2 Å². The Balaban J connectivity index is 1.74. The van der Waals surface area contributed by atoms with Crippen LogP contribution in [0, 0.1) is 0 Å². The highest BCUT2D eigenvalue weighted by atomic mass is 16.7. The summed E-state index contributed by atoms with van der Waals surface area (Å²) in [5.41, 5.74) is 0. The Hall–Kier alpha value is -0.440. The van der Waals surface area contributed by atoms with Crippen molar-refractivity contribution in [3.8, 4) is 0 Å². The molecule has 6 unspecified atom stereocenters. The highest BCUT2D eigenvalue weighted by molar-refractivity contribution is 4.94. The van der Waals surface area contributed by atoms with Gasteiger partial charge in [0.25, 0.3) is 0 Å². The average molecular weight is 511 g/mol. The Morgan fingerprint density at radius 3 is 1.66 bits per heavy atom. The summed E-state index contributed by atoms with van der Waals surface area (Å²) in [6, 6.07) is 0. The largest absolute Gasteiger partial charge is 0.394 e. The summed E-state index contributed by atoms with van der Waals surface area (Å²) in [5, 5.41) is 70.1. The molecule has 0 aromatic heterocycles. The first-order valence-electron chi connectivity index (χ1n) is 13.1. The van der Waals surface area contributed by atoms with Crippen LogP contribution in [0.1, 0.15) is 71.1 Å². The summed E-state index contributed by atoms with van der Waals surface area (Å²) in [5.74, 6) is 0. The molecule has 0 spiro atoms. The van der Waals surface area contributed by atoms with Crippen LogP contribution in [0.2, 0.25) is 0 Å². The molecule has 0 saturated carbocycles. The molecule has 35 heavy (non-hydrogen) atoms. The van der Waals surface area contributed by atoms with E-state index in [-0.39, 0.29) is 0 Å². The van der Waals surface area contributed by atoms with Crippen LogP contribution in [-0.4, -0.2) is 117 Å². The summed E-state index contributed by atoms with van der Waals surface area (Å²) >= 11 is 0. The lowest BCUT2D eigenvalue weighted by molar-refractivity contribution is -0.359. The van der Waals surface area contributed by atoms with Crippen molar-refractivity contribution in [3.63, 3.8) is 0 Å². The first kappa shape index (κ1) is 30.8. The highest BCUT2D eigenvalue weighted by Crippen LogP contribution is 2.29. The van der Waals surface area contributed by atoms with Crippen molar-refractivity contribution < 1.29 is 54.7 Å². The SMILES string of the molecule is CCCCCCCCCCCCO[C@@H]1OC(CO)[C@@H](O[C@@H]2OC(CO)[C@@H](O)C(O)C2O)C(O)C1O. The summed E-state index contributed by atoms with van der Waals surface area (Å²) in [6.45, 7) is 1.31. The van der Waals surface area contributed by atoms with Crippen molar-refractivity contribution in [2.75, 3.05) is 19.8 Å². The molecule has 11 nitrogen and oxygen atoms in total. The third kappa shape index (κ3) is 9.11. The highest BCUT2D eigenvalue weighted by Gasteiger charge is 2.50. The smallest absolute Gasteiger partial charge is 0.187 e. The fourth-order valence-electron chi connectivity index (χ4n) is 4.48. The Labute approximate surface area is 207 Å². The molecule has 2 aliphatic rings. The lowest BCUT2D eigenvalue weighted by Crippen LogP contribution is -2.64. The van der Waals surface area contributed by atoms with Crippen molar-refractivity contribution in [1.29, 1.82) is 0 Å². The molecule has 0 aromatic carbocycles. The summed E-state index contributed by atoms with van der Waals surface area (Å²) < 4.78 is 22.0. The minimum absolute atomic E-state index is 0.321. The Morgan fingerprint density at radius 2 is 1.09 bits per heavy atom. The van der Waals surface area contributed by atoms with Gasteiger partial charge in [-0.05, 0) is 6.42 Å². The lowest BCUT2D eigenvalue weighted by atomic mass is 9.97. The second-order valence-corrected chi connectivity index (χ2v) is 9.56. The predicted molar refractivity (Wildman–Crippen MR) is 124 cm³/mol. The van der Waals surface area contributed by atoms with Crippen LogP contribution in [0.15, 0.2) is 0 Å². The maximum Gasteiger partial charge on any atom is 0.187 e. The van der Waals surface area contributed by atoms with Crippen LogP contribution in [0.5, 0.6) is 0 Å². The topological polar surface area (TPSA) is 179 Å². The molecular weight excluding hydrogens is 464 g/mol. The molecule has 10 atom stereocenters. The number of ether oxygens (including phenoxy) is 4. The van der Waals surface area contributed by atoms with Crippen molar-refractivity contribution in [2.45, 2.75) is 133 Å². The fraction of sp³-hybridized carbons (Fsp3) is 1.00. The second kappa shape index (κ2) is 16.4. The average Bonchev–Trinajstić information content (AvgIpc) is 2.86. The van der Waals surface area contributed by atoms with Gasteiger partial charge in [-0.3, -0.25) is 0 Å². The minimum Gasteiger partial charge on any atom is -0.394 e. The van der Waals surface area contributed by atoms with Crippen LogP contribution in [-0.2, 0) is 18.9 Å². The van der Waals surface area contributed by atoms with Gasteiger partial charge in [-0.25, -0.2) is 0 Å². The van der Waals surface area contributed by atoms with E-state index < -0.39 is 74.6 Å². The molecule has 0 radical (unpaired) electrons. The minimum atomic E-state index is -1.69. The zero-order chi connectivity index (χ0) is 25.8. The Morgan fingerprint density at radius 1 is 0.571 bits per heavy atom. The Bertz CT molecular complexity index is 550. The molecule has 0 bridgehead atoms. The van der Waals surface area contributed by atoms with Gasteiger partial charge < -0.3 is 54.7 Å². The van der Waals surface area contributed by atoms with E-state index in [1.165, 1.54) is 44.9 Å². The van der Waals surface area contributed by atoms with Crippen molar-refractivity contribution in [1.82, 2.24) is 0 Å². The van der Waals surface area contributed by atoms with Gasteiger partial charge in [-0.15, -0.1) is 0 Å². The molecule has 2 rings (SSSR count). The van der Waals surface area contributed by atoms with E-state index in [2.05, 4.69) is 6.92 Å². The third-order valence-corrected chi connectivity index (χ3v) is 6.74. The molecule has 11 heteroatoms. The van der Waals surface area contributed by atoms with Crippen molar-refractivity contribution >= 4 is 0 Å². The molecule has 0 aliphatic carbocycles. The molecule has 0 aromatic rings. The monoisotopic (exact) mass is 510 g/mol. The van der Waals surface area contributed by atoms with Gasteiger partial charge in [0.2, 0.25) is 0 Å². The van der Waals surface area contributed by atoms with E-state index in [9.17, 15) is 35.7 Å². The van der Waals surface area contributed by atoms with Gasteiger partial charge in [0, 0.05) is 6.61 Å². The molecule has 2 heterocycles. The number of hydrogen-bond acceptors (Lipinski definition) is 11. The van der Waals surface area contributed by atoms with E-state index in [1.807, 2.05) is 0 Å². The zero-order valence-electron chi connectivity index (χ0n) is 20.7. The number of aliphatic hydroxyl groups is 7. The number of rotatable bonds is 16. The maximum absolute atomic E-state index is 10.6. The summed E-state index contributed by atoms with van der Waals surface area (Å²) in [4.78, 5) is 0. The lowest BCUT2D eigenvalue weighted by Gasteiger charge is -2.45. The molecule has 0 amide bonds. The van der Waals surface area contributed by atoms with Crippen molar-refractivity contribution in [3.05, 3.63) is 0 Å². The van der Waals surface area contributed by atoms with E-state index >= 15 is 0 Å². The van der Waals surface area contributed by atoms with E-state index in [0.29, 0.717) is 6.61 Å². The number of hydrogen-bond donors (Lipinski definition) is 7. The molecule has 2 saturated heterocycles. The summed E-state index contributed by atoms with van der Waals surface area (Å²) in [7, 11) is 0. The quantitative estimate of drug-likeness (QED) is 0.134. The molecule has 2 fully saturated rings. The third-order valence-electron chi connectivity index (χ3n) is 6.74. The molecule has 208 valence electrons. The number of unbranched alkanes of at least 4 members (excludes halogenated alkanes) is 9. The van der Waals surface area contributed by atoms with Crippen LogP contribution in [0.25, 0.3) is 0 Å². The second-order valence-electron chi connectivity index (χ2n) is 9.56. The summed E-state index contributed by atoms with van der Waals surface area (Å²) in [6.07, 6.45) is -2.63. The van der Waals surface area contributed by atoms with Gasteiger partial charge in [-0.2, -0.15) is 0 Å². The van der Waals surface area contributed by atoms with Gasteiger partial charge in [0.15, 0.2) is 12.6 Å². The predicted octanol–water partition coefficient (Wildman–Crippen LogP) is -0.452. The van der Waals surface area contributed by atoms with Crippen LogP contribution in [0.3, 0.4) is 0 Å². The maximum atomic E-state index is 10.6. The molecule has 2 aliphatic heterocycles. The number of aliphatic hydroxyl groups excluding tert-OH is 7. The van der Waals surface area contributed by atoms with E-state index in [4.69, 9.17) is 18.9 Å². The van der Waals surface area contributed by atoms with E-state index in [1.54, 1.807) is 0 Å². The first-order valence-corrected chi connectivity index (χ1v) is 13.1. The zero-order valence-corrected chi connectivity index (χ0v) is 20.7. The molecular formula is C24H46O11. The van der Waals surface area contributed by atoms with Gasteiger partial charge in [-0.1, -0.05) is 64.7 Å². The van der Waals surface area contributed by atoms with Crippen LogP contribution in [0.4, 0.5) is 0 Å². The normalized spacial score (nSPS) is 38.1. The van der Waals surface area contributed by atoms with Gasteiger partial charge >= 0.3 is 0 Å². The van der Waals surface area contributed by atoms with Gasteiger partial charge in [0.1, 0.15) is 48.8 Å². The standard InChI is InChI=1S/C24H46O11/c1-2-3-4-5-6-7-8-9-10-11-12-32-23-21(31)19(29)22(16(14-26)34-23)35-24-20(30)18(28)17(27)15(13-25)33-24/h15-31H,2-14H2,1H3/t15?,16?,17-,18?,19?,20?,21?,22-,23-,24+/m1/s1. The van der Waals surface area contributed by atoms with Crippen molar-refractivity contribution in [2.24, 2.45) is 0 Å². The van der Waals surface area contributed by atoms with E-state index in [0.717, 1.165) is 19.3 Å². The first-order chi connectivity index (χ1) is 16.8.